The number of hydrogen-bond donors (Lipinski definition) is 3. The zero-order chi connectivity index (χ0) is 23.9. The van der Waals surface area contributed by atoms with E-state index in [0.717, 1.165) is 19.4 Å². The number of nitrogens with one attached hydrogen (secondary N) is 2. The van der Waals surface area contributed by atoms with Gasteiger partial charge in [0.15, 0.2) is 11.6 Å². The molecule has 3 N–H and O–H groups in total. The third-order valence-corrected chi connectivity index (χ3v) is 4.99. The lowest BCUT2D eigenvalue weighted by atomic mass is 10.1. The van der Waals surface area contributed by atoms with Gasteiger partial charge in [-0.05, 0) is 38.3 Å². The third kappa shape index (κ3) is 7.18. The van der Waals surface area contributed by atoms with Crippen LogP contribution >= 0.6 is 0 Å². The summed E-state index contributed by atoms with van der Waals surface area (Å²) in [4.78, 5) is 27.0. The van der Waals surface area contributed by atoms with E-state index in [0.29, 0.717) is 31.5 Å². The van der Waals surface area contributed by atoms with Crippen LogP contribution in [-0.4, -0.2) is 67.1 Å². The first-order chi connectivity index (χ1) is 15.0. The van der Waals surface area contributed by atoms with Crippen LogP contribution in [-0.2, 0) is 16.1 Å². The minimum atomic E-state index is -5.08. The lowest BCUT2D eigenvalue weighted by Gasteiger charge is -2.30. The normalized spacial score (nSPS) is 19.2. The molecule has 1 amide bonds. The lowest BCUT2D eigenvalue weighted by Crippen LogP contribution is -2.40. The van der Waals surface area contributed by atoms with E-state index in [1.807, 2.05) is 0 Å². The Morgan fingerprint density at radius 2 is 1.94 bits per heavy atom. The molecule has 0 bridgehead atoms. The monoisotopic (exact) mass is 468 g/mol. The predicted molar refractivity (Wildman–Crippen MR) is 104 cm³/mol. The zero-order valence-electron chi connectivity index (χ0n) is 17.3. The standard InChI is InChI=1S/C17H24F2N4O2.C2HF3O2/c1-25-17-11(10-21-16(24)14-3-2-6-20-14)9-13(19)15(22-17)23-7-4-12(18)5-8-23;3-2(4,5)1(6)7/h9,12,14,20H,2-8,10H2,1H3,(H,21,24);(H,6,7)/t14-;/m0./s1. The van der Waals surface area contributed by atoms with E-state index >= 15 is 0 Å². The topological polar surface area (TPSA) is 104 Å². The van der Waals surface area contributed by atoms with E-state index in [1.165, 1.54) is 13.2 Å². The minimum absolute atomic E-state index is 0.103. The first-order valence-electron chi connectivity index (χ1n) is 9.96. The summed E-state index contributed by atoms with van der Waals surface area (Å²) < 4.78 is 64.8. The number of halogens is 5. The molecule has 1 aromatic heterocycles. The summed E-state index contributed by atoms with van der Waals surface area (Å²) >= 11 is 0. The van der Waals surface area contributed by atoms with Crippen molar-refractivity contribution < 1.29 is 41.4 Å². The molecule has 0 saturated carbocycles. The van der Waals surface area contributed by atoms with E-state index in [2.05, 4.69) is 15.6 Å². The van der Waals surface area contributed by atoms with Gasteiger partial charge in [-0.2, -0.15) is 18.2 Å². The van der Waals surface area contributed by atoms with Gasteiger partial charge in [-0.15, -0.1) is 0 Å². The van der Waals surface area contributed by atoms with Gasteiger partial charge in [0.2, 0.25) is 11.8 Å². The number of carboxylic acids is 1. The Morgan fingerprint density at radius 3 is 2.44 bits per heavy atom. The molecule has 2 aliphatic rings. The highest BCUT2D eigenvalue weighted by molar-refractivity contribution is 5.82. The Hall–Kier alpha value is -2.70. The van der Waals surface area contributed by atoms with E-state index < -0.39 is 24.1 Å². The molecule has 8 nitrogen and oxygen atoms in total. The summed E-state index contributed by atoms with van der Waals surface area (Å²) in [5, 5.41) is 13.0. The molecule has 13 heteroatoms. The average molecular weight is 468 g/mol. The van der Waals surface area contributed by atoms with Crippen LogP contribution in [0.3, 0.4) is 0 Å². The van der Waals surface area contributed by atoms with Crippen LogP contribution in [0.15, 0.2) is 6.07 Å². The summed E-state index contributed by atoms with van der Waals surface area (Å²) in [6.07, 6.45) is -3.40. The smallest absolute Gasteiger partial charge is 0.481 e. The molecule has 0 radical (unpaired) electrons. The second-order valence-corrected chi connectivity index (χ2v) is 7.29. The Bertz CT molecular complexity index is 795. The van der Waals surface area contributed by atoms with Gasteiger partial charge < -0.3 is 25.4 Å². The predicted octanol–water partition coefficient (Wildman–Crippen LogP) is 2.17. The van der Waals surface area contributed by atoms with Crippen molar-refractivity contribution in [2.45, 2.75) is 50.6 Å². The Balaban J connectivity index is 0.000000451. The SMILES string of the molecule is COc1nc(N2CCC(F)CC2)c(F)cc1CNC(=O)[C@@H]1CCCN1.O=C(O)C(F)(F)F. The van der Waals surface area contributed by atoms with Gasteiger partial charge in [0.1, 0.15) is 6.17 Å². The number of hydrogen-bond acceptors (Lipinski definition) is 6. The molecule has 1 aromatic rings. The second kappa shape index (κ2) is 11.2. The second-order valence-electron chi connectivity index (χ2n) is 7.29. The fourth-order valence-electron chi connectivity index (χ4n) is 3.30. The van der Waals surface area contributed by atoms with Crippen LogP contribution in [0.4, 0.5) is 27.8 Å². The number of amides is 1. The van der Waals surface area contributed by atoms with Gasteiger partial charge in [0.25, 0.3) is 0 Å². The number of anilines is 1. The molecule has 1 atom stereocenters. The summed E-state index contributed by atoms with van der Waals surface area (Å²) in [6, 6.07) is 1.15. The third-order valence-electron chi connectivity index (χ3n) is 4.99. The number of nitrogens with zero attached hydrogens (tertiary/aromatic N) is 2. The number of pyridine rings is 1. The van der Waals surface area contributed by atoms with E-state index in [9.17, 15) is 26.7 Å². The molecule has 2 aliphatic heterocycles. The van der Waals surface area contributed by atoms with Crippen molar-refractivity contribution in [2.75, 3.05) is 31.6 Å². The average Bonchev–Trinajstić information content (AvgIpc) is 3.27. The van der Waals surface area contributed by atoms with E-state index in [4.69, 9.17) is 14.6 Å². The van der Waals surface area contributed by atoms with Crippen molar-refractivity contribution >= 4 is 17.7 Å². The van der Waals surface area contributed by atoms with Gasteiger partial charge in [-0.25, -0.2) is 13.6 Å². The number of carboxylic acid groups (broad SMARTS) is 1. The number of carbonyl (C=O) groups excluding carboxylic acids is 1. The number of aromatic nitrogens is 1. The summed E-state index contributed by atoms with van der Waals surface area (Å²) in [6.45, 7) is 1.84. The molecule has 3 heterocycles. The Labute approximate surface area is 181 Å². The summed E-state index contributed by atoms with van der Waals surface area (Å²) in [7, 11) is 1.46. The van der Waals surface area contributed by atoms with Gasteiger partial charge in [0, 0.05) is 25.2 Å². The lowest BCUT2D eigenvalue weighted by molar-refractivity contribution is -0.192. The molecule has 0 unspecified atom stereocenters. The number of carbonyl (C=O) groups is 2. The van der Waals surface area contributed by atoms with Crippen LogP contribution in [0.1, 0.15) is 31.2 Å². The minimum Gasteiger partial charge on any atom is -0.481 e. The van der Waals surface area contributed by atoms with Crippen LogP contribution in [0, 0.1) is 5.82 Å². The summed E-state index contributed by atoms with van der Waals surface area (Å²) in [5.74, 6) is -2.89. The molecular formula is C19H25F5N4O4. The number of piperidine rings is 1. The van der Waals surface area contributed by atoms with E-state index in [1.54, 1.807) is 4.90 Å². The van der Waals surface area contributed by atoms with Crippen molar-refractivity contribution in [1.82, 2.24) is 15.6 Å². The van der Waals surface area contributed by atoms with Gasteiger partial charge in [-0.1, -0.05) is 0 Å². The number of ether oxygens (including phenoxy) is 1. The number of rotatable bonds is 5. The van der Waals surface area contributed by atoms with Crippen molar-refractivity contribution in [3.8, 4) is 5.88 Å². The highest BCUT2D eigenvalue weighted by atomic mass is 19.4. The molecular weight excluding hydrogens is 443 g/mol. The Kier molecular flexibility index (Phi) is 8.99. The van der Waals surface area contributed by atoms with Gasteiger partial charge in [0.05, 0.1) is 13.2 Å². The Morgan fingerprint density at radius 1 is 1.31 bits per heavy atom. The maximum absolute atomic E-state index is 14.5. The molecule has 3 rings (SSSR count). The quantitative estimate of drug-likeness (QED) is 0.569. The molecule has 0 spiro atoms. The van der Waals surface area contributed by atoms with E-state index in [-0.39, 0.29) is 30.2 Å². The number of methoxy groups -OCH3 is 1. The van der Waals surface area contributed by atoms with Crippen LogP contribution < -0.4 is 20.3 Å². The molecule has 32 heavy (non-hydrogen) atoms. The van der Waals surface area contributed by atoms with Crippen LogP contribution in [0.2, 0.25) is 0 Å². The fourth-order valence-corrected chi connectivity index (χ4v) is 3.30. The maximum atomic E-state index is 14.5. The first kappa shape index (κ1) is 25.6. The van der Waals surface area contributed by atoms with Crippen molar-refractivity contribution in [2.24, 2.45) is 0 Å². The van der Waals surface area contributed by atoms with Crippen LogP contribution in [0.25, 0.3) is 0 Å². The van der Waals surface area contributed by atoms with Crippen molar-refractivity contribution in [3.05, 3.63) is 17.4 Å². The van der Waals surface area contributed by atoms with Crippen molar-refractivity contribution in [1.29, 1.82) is 0 Å². The molecule has 2 saturated heterocycles. The zero-order valence-corrected chi connectivity index (χ0v) is 17.3. The first-order valence-corrected chi connectivity index (χ1v) is 9.96. The van der Waals surface area contributed by atoms with Crippen LogP contribution in [0.5, 0.6) is 5.88 Å². The van der Waals surface area contributed by atoms with Crippen molar-refractivity contribution in [3.63, 3.8) is 0 Å². The molecule has 180 valence electrons. The molecule has 0 aromatic carbocycles. The molecule has 0 aliphatic carbocycles. The number of aliphatic carboxylic acids is 1. The van der Waals surface area contributed by atoms with Gasteiger partial charge in [-0.3, -0.25) is 4.79 Å². The maximum Gasteiger partial charge on any atom is 0.490 e. The highest BCUT2D eigenvalue weighted by Crippen LogP contribution is 2.27. The highest BCUT2D eigenvalue weighted by Gasteiger charge is 2.38. The fraction of sp³-hybridized carbons (Fsp3) is 0.632. The molecule has 2 fully saturated rings. The number of alkyl halides is 4. The summed E-state index contributed by atoms with van der Waals surface area (Å²) in [5.41, 5.74) is 0.482. The largest absolute Gasteiger partial charge is 0.490 e. The van der Waals surface area contributed by atoms with Gasteiger partial charge >= 0.3 is 12.1 Å².